The lowest BCUT2D eigenvalue weighted by Gasteiger charge is -2.27. The highest BCUT2D eigenvalue weighted by Gasteiger charge is 2.29. The maximum Gasteiger partial charge on any atom is 0.407 e. The summed E-state index contributed by atoms with van der Waals surface area (Å²) in [5.41, 5.74) is 4.73. The fraction of sp³-hybridized carbons (Fsp3) is 0.464. The van der Waals surface area contributed by atoms with E-state index in [-0.39, 0.29) is 36.3 Å². The summed E-state index contributed by atoms with van der Waals surface area (Å²) in [6, 6.07) is 16.4. The van der Waals surface area contributed by atoms with E-state index in [4.69, 9.17) is 4.74 Å². The molecule has 1 fully saturated rings. The molecule has 0 heterocycles. The molecular weight excluding hydrogens is 444 g/mol. The van der Waals surface area contributed by atoms with E-state index in [9.17, 15) is 19.5 Å². The van der Waals surface area contributed by atoms with Gasteiger partial charge in [-0.2, -0.15) is 0 Å². The van der Waals surface area contributed by atoms with Crippen molar-refractivity contribution in [1.29, 1.82) is 0 Å². The quantitative estimate of drug-likeness (QED) is 0.485. The number of hydrogen-bond donors (Lipinski definition) is 3. The van der Waals surface area contributed by atoms with Crippen LogP contribution in [0.5, 0.6) is 0 Å². The van der Waals surface area contributed by atoms with Crippen LogP contribution >= 0.6 is 0 Å². The molecule has 0 saturated heterocycles. The minimum Gasteiger partial charge on any atom is -0.481 e. The molecule has 2 aromatic carbocycles. The number of hydrogen-bond acceptors (Lipinski definition) is 4. The van der Waals surface area contributed by atoms with Gasteiger partial charge < -0.3 is 20.5 Å². The molecule has 3 atom stereocenters. The Labute approximate surface area is 206 Å². The third-order valence-corrected chi connectivity index (χ3v) is 7.19. The van der Waals surface area contributed by atoms with Crippen molar-refractivity contribution >= 4 is 18.0 Å². The Morgan fingerprint density at radius 3 is 2.34 bits per heavy atom. The second-order valence-electron chi connectivity index (χ2n) is 9.82. The number of benzene rings is 2. The van der Waals surface area contributed by atoms with Crippen LogP contribution in [0.1, 0.15) is 62.5 Å². The fourth-order valence-electron chi connectivity index (χ4n) is 5.23. The van der Waals surface area contributed by atoms with Crippen LogP contribution in [0, 0.1) is 11.8 Å². The van der Waals surface area contributed by atoms with Crippen LogP contribution in [0.15, 0.2) is 48.5 Å². The molecule has 35 heavy (non-hydrogen) atoms. The number of aliphatic carboxylic acids is 1. The lowest BCUT2D eigenvalue weighted by molar-refractivity contribution is -0.143. The number of fused-ring (bicyclic) bond motifs is 3. The minimum atomic E-state index is -0.781. The molecule has 0 spiro atoms. The van der Waals surface area contributed by atoms with Gasteiger partial charge in [0, 0.05) is 24.9 Å². The maximum absolute atomic E-state index is 12.4. The number of carbonyl (C=O) groups excluding carboxylic acids is 2. The normalized spacial score (nSPS) is 19.8. The number of carboxylic acid groups (broad SMARTS) is 1. The highest BCUT2D eigenvalue weighted by Crippen LogP contribution is 2.44. The summed E-state index contributed by atoms with van der Waals surface area (Å²) < 4.78 is 5.57. The van der Waals surface area contributed by atoms with Gasteiger partial charge in [-0.1, -0.05) is 61.9 Å². The van der Waals surface area contributed by atoms with Gasteiger partial charge in [-0.3, -0.25) is 9.59 Å². The molecule has 0 aromatic heterocycles. The highest BCUT2D eigenvalue weighted by molar-refractivity contribution is 5.79. The van der Waals surface area contributed by atoms with Crippen LogP contribution in [0.4, 0.5) is 4.79 Å². The summed E-state index contributed by atoms with van der Waals surface area (Å²) in [6.07, 6.45) is 3.36. The van der Waals surface area contributed by atoms with Crippen LogP contribution in [0.25, 0.3) is 11.1 Å². The van der Waals surface area contributed by atoms with Crippen LogP contribution in [-0.2, 0) is 14.3 Å². The molecule has 0 aliphatic heterocycles. The summed E-state index contributed by atoms with van der Waals surface area (Å²) in [4.78, 5) is 35.9. The zero-order valence-electron chi connectivity index (χ0n) is 20.2. The fourth-order valence-corrected chi connectivity index (χ4v) is 5.23. The van der Waals surface area contributed by atoms with E-state index in [0.29, 0.717) is 32.2 Å². The average molecular weight is 479 g/mol. The average Bonchev–Trinajstić information content (AvgIpc) is 3.19. The first-order valence-corrected chi connectivity index (χ1v) is 12.5. The molecule has 0 radical (unpaired) electrons. The summed E-state index contributed by atoms with van der Waals surface area (Å²) in [6.45, 7) is 2.68. The van der Waals surface area contributed by atoms with Crippen molar-refractivity contribution in [1.82, 2.24) is 10.6 Å². The monoisotopic (exact) mass is 478 g/mol. The molecule has 7 heteroatoms. The molecule has 3 N–H and O–H groups in total. The van der Waals surface area contributed by atoms with Gasteiger partial charge in [-0.15, -0.1) is 0 Å². The lowest BCUT2D eigenvalue weighted by Crippen LogP contribution is -2.40. The van der Waals surface area contributed by atoms with E-state index in [1.807, 2.05) is 31.2 Å². The van der Waals surface area contributed by atoms with E-state index in [1.54, 1.807) is 0 Å². The van der Waals surface area contributed by atoms with Gasteiger partial charge in [0.1, 0.15) is 6.61 Å². The molecule has 186 valence electrons. The van der Waals surface area contributed by atoms with E-state index >= 15 is 0 Å². The summed E-state index contributed by atoms with van der Waals surface area (Å²) in [5.74, 6) is -1.07. The Balaban J connectivity index is 1.17. The van der Waals surface area contributed by atoms with E-state index < -0.39 is 12.1 Å². The van der Waals surface area contributed by atoms with Gasteiger partial charge in [-0.25, -0.2) is 4.79 Å². The van der Waals surface area contributed by atoms with Crippen molar-refractivity contribution in [3.63, 3.8) is 0 Å². The first kappa shape index (κ1) is 24.8. The van der Waals surface area contributed by atoms with Crippen LogP contribution in [0.2, 0.25) is 0 Å². The SMILES string of the molecule is CC(CCC(=O)N[C@@H]1CCC[C@@H](C(=O)O)C1)CNC(=O)OCC1c2ccccc2-c2ccccc21. The van der Waals surface area contributed by atoms with Gasteiger partial charge in [0.15, 0.2) is 0 Å². The largest absolute Gasteiger partial charge is 0.481 e. The summed E-state index contributed by atoms with van der Waals surface area (Å²) in [5, 5.41) is 15.0. The zero-order valence-corrected chi connectivity index (χ0v) is 20.2. The van der Waals surface area contributed by atoms with Gasteiger partial charge in [0.25, 0.3) is 0 Å². The maximum atomic E-state index is 12.4. The number of carbonyl (C=O) groups is 3. The van der Waals surface area contributed by atoms with Crippen molar-refractivity contribution in [3.8, 4) is 11.1 Å². The van der Waals surface area contributed by atoms with Crippen molar-refractivity contribution in [2.45, 2.75) is 57.4 Å². The summed E-state index contributed by atoms with van der Waals surface area (Å²) in [7, 11) is 0. The number of carboxylic acids is 1. The smallest absolute Gasteiger partial charge is 0.407 e. The second-order valence-corrected chi connectivity index (χ2v) is 9.82. The van der Waals surface area contributed by atoms with Gasteiger partial charge >= 0.3 is 12.1 Å². The first-order chi connectivity index (χ1) is 16.9. The Morgan fingerprint density at radius 1 is 1.03 bits per heavy atom. The second kappa shape index (κ2) is 11.4. The zero-order chi connectivity index (χ0) is 24.8. The molecule has 1 saturated carbocycles. The third kappa shape index (κ3) is 6.21. The van der Waals surface area contributed by atoms with Gasteiger partial charge in [-0.05, 0) is 53.9 Å². The first-order valence-electron chi connectivity index (χ1n) is 12.5. The van der Waals surface area contributed by atoms with Crippen LogP contribution in [0.3, 0.4) is 0 Å². The Hall–Kier alpha value is -3.35. The molecule has 7 nitrogen and oxygen atoms in total. The van der Waals surface area contributed by atoms with Crippen molar-refractivity contribution in [2.75, 3.05) is 13.2 Å². The molecular formula is C28H34N2O5. The summed E-state index contributed by atoms with van der Waals surface area (Å²) >= 11 is 0. The predicted octanol–water partition coefficient (Wildman–Crippen LogP) is 4.70. The van der Waals surface area contributed by atoms with E-state index in [1.165, 1.54) is 22.3 Å². The van der Waals surface area contributed by atoms with Crippen LogP contribution in [-0.4, -0.2) is 42.3 Å². The van der Waals surface area contributed by atoms with E-state index in [0.717, 1.165) is 12.8 Å². The third-order valence-electron chi connectivity index (χ3n) is 7.19. The highest BCUT2D eigenvalue weighted by atomic mass is 16.5. The molecule has 2 aromatic rings. The molecule has 2 amide bonds. The van der Waals surface area contributed by atoms with Gasteiger partial charge in [0.05, 0.1) is 5.92 Å². The number of rotatable bonds is 9. The lowest BCUT2D eigenvalue weighted by atomic mass is 9.85. The topological polar surface area (TPSA) is 105 Å². The molecule has 4 rings (SSSR count). The van der Waals surface area contributed by atoms with Crippen molar-refractivity contribution < 1.29 is 24.2 Å². The minimum absolute atomic E-state index is 0.0229. The van der Waals surface area contributed by atoms with Crippen molar-refractivity contribution in [3.05, 3.63) is 59.7 Å². The Kier molecular flexibility index (Phi) is 8.06. The number of nitrogens with one attached hydrogen (secondary N) is 2. The van der Waals surface area contributed by atoms with Gasteiger partial charge in [0.2, 0.25) is 5.91 Å². The van der Waals surface area contributed by atoms with Crippen LogP contribution < -0.4 is 10.6 Å². The predicted molar refractivity (Wildman–Crippen MR) is 133 cm³/mol. The molecule has 0 bridgehead atoms. The number of amides is 2. The number of alkyl carbamates (subject to hydrolysis) is 1. The Bertz CT molecular complexity index is 1020. The molecule has 1 unspecified atom stereocenters. The van der Waals surface area contributed by atoms with E-state index in [2.05, 4.69) is 34.9 Å². The number of ether oxygens (including phenoxy) is 1. The molecule has 2 aliphatic carbocycles. The van der Waals surface area contributed by atoms with Crippen molar-refractivity contribution in [2.24, 2.45) is 11.8 Å². The Morgan fingerprint density at radius 2 is 1.69 bits per heavy atom. The standard InChI is InChI=1S/C28H34N2O5/c1-18(13-14-26(31)30-20-8-6-7-19(15-20)27(32)33)16-29-28(34)35-17-25-23-11-4-2-9-21(23)22-10-3-5-12-24(22)25/h2-5,9-12,18-20,25H,6-8,13-17H2,1H3,(H,29,34)(H,30,31)(H,32,33)/t18?,19-,20-/m1/s1. The molecule has 2 aliphatic rings.